The second kappa shape index (κ2) is 7.93. The van der Waals surface area contributed by atoms with Gasteiger partial charge in [-0.3, -0.25) is 4.98 Å². The average Bonchev–Trinajstić information content (AvgIpc) is 3.28. The second-order valence-corrected chi connectivity index (χ2v) is 7.74. The fourth-order valence-corrected chi connectivity index (χ4v) is 4.21. The molecule has 0 aliphatic carbocycles. The maximum Gasteiger partial charge on any atom is 0.157 e. The molecule has 0 saturated carbocycles. The smallest absolute Gasteiger partial charge is 0.157 e. The lowest BCUT2D eigenvalue weighted by atomic mass is 10.1. The van der Waals surface area contributed by atoms with Crippen molar-refractivity contribution < 1.29 is 4.74 Å². The van der Waals surface area contributed by atoms with E-state index in [1.165, 1.54) is 5.69 Å². The van der Waals surface area contributed by atoms with Crippen LogP contribution in [-0.2, 0) is 4.74 Å². The first-order valence-electron chi connectivity index (χ1n) is 10.3. The summed E-state index contributed by atoms with van der Waals surface area (Å²) in [5, 5.41) is 0. The Labute approximate surface area is 170 Å². The Morgan fingerprint density at radius 1 is 1.00 bits per heavy atom. The maximum atomic E-state index is 5.90. The molecule has 2 aliphatic heterocycles. The number of pyridine rings is 1. The lowest BCUT2D eigenvalue weighted by Gasteiger charge is -2.29. The van der Waals surface area contributed by atoms with Crippen molar-refractivity contribution in [3.8, 4) is 11.3 Å². The predicted molar refractivity (Wildman–Crippen MR) is 115 cm³/mol. The highest BCUT2D eigenvalue weighted by Gasteiger charge is 2.25. The minimum Gasteiger partial charge on any atom is -0.378 e. The van der Waals surface area contributed by atoms with E-state index in [0.717, 1.165) is 73.9 Å². The monoisotopic (exact) mass is 390 g/mol. The van der Waals surface area contributed by atoms with Crippen molar-refractivity contribution in [2.75, 3.05) is 55.7 Å². The Hall–Kier alpha value is -2.77. The number of morpholine rings is 1. The van der Waals surface area contributed by atoms with Crippen LogP contribution in [-0.4, -0.2) is 60.9 Å². The summed E-state index contributed by atoms with van der Waals surface area (Å²) in [5.41, 5.74) is 10.9. The van der Waals surface area contributed by atoms with Crippen LogP contribution in [0.2, 0.25) is 0 Å². The Kier molecular flexibility index (Phi) is 4.99. The number of ether oxygens (including phenoxy) is 1. The van der Waals surface area contributed by atoms with Gasteiger partial charge >= 0.3 is 0 Å². The van der Waals surface area contributed by atoms with E-state index in [-0.39, 0.29) is 0 Å². The molecular formula is C22H26N6O. The molecule has 2 aromatic heterocycles. The van der Waals surface area contributed by atoms with E-state index in [2.05, 4.69) is 44.0 Å². The molecule has 7 heteroatoms. The van der Waals surface area contributed by atoms with Crippen molar-refractivity contribution in [3.63, 3.8) is 0 Å². The molecule has 0 amide bonds. The number of nitrogens with two attached hydrogens (primary N) is 1. The second-order valence-electron chi connectivity index (χ2n) is 7.74. The van der Waals surface area contributed by atoms with E-state index in [4.69, 9.17) is 15.5 Å². The zero-order valence-electron chi connectivity index (χ0n) is 16.5. The molecule has 1 aromatic carbocycles. The van der Waals surface area contributed by atoms with Crippen molar-refractivity contribution in [3.05, 3.63) is 42.7 Å². The van der Waals surface area contributed by atoms with Gasteiger partial charge < -0.3 is 20.3 Å². The van der Waals surface area contributed by atoms with E-state index < -0.39 is 0 Å². The van der Waals surface area contributed by atoms with Gasteiger partial charge in [0.2, 0.25) is 0 Å². The fraction of sp³-hybridized carbons (Fsp3) is 0.409. The summed E-state index contributed by atoms with van der Waals surface area (Å²) in [6.07, 6.45) is 4.57. The molecule has 150 valence electrons. The molecule has 4 heterocycles. The van der Waals surface area contributed by atoms with Gasteiger partial charge in [-0.1, -0.05) is 12.1 Å². The van der Waals surface area contributed by atoms with E-state index in [1.807, 2.05) is 6.07 Å². The summed E-state index contributed by atoms with van der Waals surface area (Å²) < 4.78 is 5.46. The van der Waals surface area contributed by atoms with Crippen molar-refractivity contribution in [2.24, 2.45) is 11.7 Å². The van der Waals surface area contributed by atoms with Crippen LogP contribution in [0.4, 0.5) is 11.5 Å². The molecule has 0 radical (unpaired) electrons. The third-order valence-electron chi connectivity index (χ3n) is 5.90. The van der Waals surface area contributed by atoms with Crippen LogP contribution in [0.25, 0.3) is 22.3 Å². The number of benzene rings is 1. The van der Waals surface area contributed by atoms with E-state index in [0.29, 0.717) is 12.5 Å². The zero-order chi connectivity index (χ0) is 19.6. The molecule has 5 rings (SSSR count). The zero-order valence-corrected chi connectivity index (χ0v) is 16.5. The van der Waals surface area contributed by atoms with E-state index >= 15 is 0 Å². The van der Waals surface area contributed by atoms with Gasteiger partial charge in [0.15, 0.2) is 5.82 Å². The topological polar surface area (TPSA) is 80.4 Å². The predicted octanol–water partition coefficient (Wildman–Crippen LogP) is 2.31. The van der Waals surface area contributed by atoms with Crippen LogP contribution in [0.15, 0.2) is 42.7 Å². The Balaban J connectivity index is 1.50. The summed E-state index contributed by atoms with van der Waals surface area (Å²) in [5.74, 6) is 1.43. The average molecular weight is 390 g/mol. The number of hydrogen-bond acceptors (Lipinski definition) is 7. The van der Waals surface area contributed by atoms with Gasteiger partial charge in [-0.05, 0) is 37.1 Å². The first-order chi connectivity index (χ1) is 14.3. The first kappa shape index (κ1) is 18.3. The quantitative estimate of drug-likeness (QED) is 0.732. The Bertz CT molecular complexity index is 986. The summed E-state index contributed by atoms with van der Waals surface area (Å²) in [6.45, 7) is 6.04. The molecular weight excluding hydrogens is 364 g/mol. The molecule has 29 heavy (non-hydrogen) atoms. The lowest BCUT2D eigenvalue weighted by molar-refractivity contribution is 0.122. The van der Waals surface area contributed by atoms with Gasteiger partial charge in [0.25, 0.3) is 0 Å². The maximum absolute atomic E-state index is 5.90. The van der Waals surface area contributed by atoms with Gasteiger partial charge in [0.1, 0.15) is 5.52 Å². The molecule has 7 nitrogen and oxygen atoms in total. The van der Waals surface area contributed by atoms with Gasteiger partial charge in [-0.15, -0.1) is 0 Å². The van der Waals surface area contributed by atoms with Crippen LogP contribution in [0.1, 0.15) is 6.42 Å². The van der Waals surface area contributed by atoms with E-state index in [1.54, 1.807) is 12.4 Å². The van der Waals surface area contributed by atoms with Gasteiger partial charge in [-0.2, -0.15) is 0 Å². The summed E-state index contributed by atoms with van der Waals surface area (Å²) in [7, 11) is 0. The van der Waals surface area contributed by atoms with Crippen LogP contribution >= 0.6 is 0 Å². The largest absolute Gasteiger partial charge is 0.378 e. The van der Waals surface area contributed by atoms with Gasteiger partial charge in [-0.25, -0.2) is 9.97 Å². The third kappa shape index (κ3) is 3.63. The number of nitrogens with zero attached hydrogens (tertiary/aromatic N) is 5. The molecule has 0 spiro atoms. The van der Waals surface area contributed by atoms with Crippen molar-refractivity contribution in [1.82, 2.24) is 15.0 Å². The lowest BCUT2D eigenvalue weighted by Crippen LogP contribution is -2.36. The fourth-order valence-electron chi connectivity index (χ4n) is 4.21. The highest BCUT2D eigenvalue weighted by Crippen LogP contribution is 2.31. The molecule has 2 aliphatic rings. The van der Waals surface area contributed by atoms with Crippen molar-refractivity contribution in [1.29, 1.82) is 0 Å². The molecule has 2 fully saturated rings. The van der Waals surface area contributed by atoms with Crippen molar-refractivity contribution in [2.45, 2.75) is 6.42 Å². The minimum atomic E-state index is 0.514. The number of hydrogen-bond donors (Lipinski definition) is 1. The molecule has 2 N–H and O–H groups in total. The van der Waals surface area contributed by atoms with Gasteiger partial charge in [0.05, 0.1) is 24.4 Å². The molecule has 3 aromatic rings. The van der Waals surface area contributed by atoms with Crippen molar-refractivity contribution >= 4 is 22.5 Å². The van der Waals surface area contributed by atoms with Crippen LogP contribution < -0.4 is 15.5 Å². The van der Waals surface area contributed by atoms with E-state index in [9.17, 15) is 0 Å². The number of aromatic nitrogens is 3. The number of fused-ring (bicyclic) bond motifs is 1. The Morgan fingerprint density at radius 3 is 2.55 bits per heavy atom. The minimum absolute atomic E-state index is 0.514. The SMILES string of the molecule is NCC1CCN(c2nc(-c3ccc(N4CCOCC4)cc3)cc3nccnc23)C1. The summed E-state index contributed by atoms with van der Waals surface area (Å²) >= 11 is 0. The summed E-state index contributed by atoms with van der Waals surface area (Å²) in [6, 6.07) is 10.7. The Morgan fingerprint density at radius 2 is 1.79 bits per heavy atom. The van der Waals surface area contributed by atoms with Crippen LogP contribution in [0.5, 0.6) is 0 Å². The standard InChI is InChI=1S/C22H26N6O/c23-14-16-5-8-28(15-16)22-21-20(24-6-7-25-21)13-19(26-22)17-1-3-18(4-2-17)27-9-11-29-12-10-27/h1-4,6-7,13,16H,5,8-12,14-15,23H2. The number of rotatable bonds is 4. The van der Waals surface area contributed by atoms with Crippen LogP contribution in [0.3, 0.4) is 0 Å². The first-order valence-corrected chi connectivity index (χ1v) is 10.3. The molecule has 1 unspecified atom stereocenters. The molecule has 2 saturated heterocycles. The number of anilines is 2. The normalized spacial score (nSPS) is 19.8. The molecule has 0 bridgehead atoms. The highest BCUT2D eigenvalue weighted by molar-refractivity contribution is 5.89. The van der Waals surface area contributed by atoms with Gasteiger partial charge in [0, 0.05) is 49.8 Å². The third-order valence-corrected chi connectivity index (χ3v) is 5.90. The summed E-state index contributed by atoms with van der Waals surface area (Å²) in [4.78, 5) is 18.8. The highest BCUT2D eigenvalue weighted by atomic mass is 16.5. The van der Waals surface area contributed by atoms with Crippen LogP contribution in [0, 0.1) is 5.92 Å². The molecule has 1 atom stereocenters.